The minimum atomic E-state index is -0.0750. The van der Waals surface area contributed by atoms with Crippen LogP contribution in [0.4, 0.5) is 0 Å². The van der Waals surface area contributed by atoms with Gasteiger partial charge in [0.05, 0.1) is 6.61 Å². The van der Waals surface area contributed by atoms with Crippen LogP contribution in [0.15, 0.2) is 29.5 Å². The fraction of sp³-hybridized carbons (Fsp3) is 0.667. The Morgan fingerprint density at radius 1 is 1.04 bits per heavy atom. The van der Waals surface area contributed by atoms with Crippen LogP contribution < -0.4 is 10.6 Å². The first kappa shape index (κ1) is 20.1. The highest BCUT2D eigenvalue weighted by atomic mass is 16.5. The smallest absolute Gasteiger partial charge is 0.305 e. The fourth-order valence-electron chi connectivity index (χ4n) is 2.41. The molecule has 2 N–H and O–H groups in total. The van der Waals surface area contributed by atoms with Gasteiger partial charge in [0.15, 0.2) is 5.96 Å². The molecule has 136 valence electrons. The van der Waals surface area contributed by atoms with Gasteiger partial charge in [-0.15, -0.1) is 0 Å². The van der Waals surface area contributed by atoms with Crippen molar-refractivity contribution >= 4 is 11.9 Å². The Hall–Kier alpha value is -1.98. The molecule has 1 rings (SSSR count). The van der Waals surface area contributed by atoms with Crippen LogP contribution in [0.25, 0.3) is 0 Å². The number of nitrogens with zero attached hydrogens (tertiary/aromatic N) is 2. The van der Waals surface area contributed by atoms with E-state index in [1.54, 1.807) is 7.05 Å². The second kappa shape index (κ2) is 13.5. The van der Waals surface area contributed by atoms with Crippen molar-refractivity contribution in [1.82, 2.24) is 15.2 Å². The minimum absolute atomic E-state index is 0.0750. The topological polar surface area (TPSA) is 67.7 Å². The SMILES string of the molecule is CCOC(=O)CCCCCCCNC(=NC)NCCn1cccc1. The van der Waals surface area contributed by atoms with Crippen LogP contribution in [0, 0.1) is 0 Å². The number of esters is 1. The molecule has 0 amide bonds. The van der Waals surface area contributed by atoms with Crippen molar-refractivity contribution in [2.24, 2.45) is 4.99 Å². The molecule has 1 aromatic rings. The number of hydrogen-bond acceptors (Lipinski definition) is 3. The van der Waals surface area contributed by atoms with Gasteiger partial charge in [-0.2, -0.15) is 0 Å². The van der Waals surface area contributed by atoms with Gasteiger partial charge in [0.1, 0.15) is 0 Å². The summed E-state index contributed by atoms with van der Waals surface area (Å²) in [6.07, 6.45) is 10.1. The second-order valence-electron chi connectivity index (χ2n) is 5.67. The fourth-order valence-corrected chi connectivity index (χ4v) is 2.41. The second-order valence-corrected chi connectivity index (χ2v) is 5.67. The Bertz CT molecular complexity index is 458. The van der Waals surface area contributed by atoms with Gasteiger partial charge >= 0.3 is 5.97 Å². The van der Waals surface area contributed by atoms with Gasteiger partial charge in [-0.3, -0.25) is 9.79 Å². The summed E-state index contributed by atoms with van der Waals surface area (Å²) in [5.74, 6) is 0.776. The zero-order valence-electron chi connectivity index (χ0n) is 15.1. The zero-order chi connectivity index (χ0) is 17.5. The van der Waals surface area contributed by atoms with Gasteiger partial charge in [-0.05, 0) is 31.9 Å². The summed E-state index contributed by atoms with van der Waals surface area (Å²) in [7, 11) is 1.79. The number of carbonyl (C=O) groups is 1. The van der Waals surface area contributed by atoms with E-state index in [0.29, 0.717) is 13.0 Å². The monoisotopic (exact) mass is 336 g/mol. The number of carbonyl (C=O) groups excluding carboxylic acids is 1. The Balaban J connectivity index is 1.94. The molecule has 6 nitrogen and oxygen atoms in total. The number of guanidine groups is 1. The minimum Gasteiger partial charge on any atom is -0.466 e. The summed E-state index contributed by atoms with van der Waals surface area (Å²) in [6, 6.07) is 4.06. The van der Waals surface area contributed by atoms with Crippen LogP contribution in [-0.2, 0) is 16.1 Å². The van der Waals surface area contributed by atoms with E-state index < -0.39 is 0 Å². The number of aliphatic imine (C=N–C) groups is 1. The Kier molecular flexibility index (Phi) is 11.3. The Morgan fingerprint density at radius 2 is 1.71 bits per heavy atom. The number of nitrogens with one attached hydrogen (secondary N) is 2. The van der Waals surface area contributed by atoms with E-state index in [4.69, 9.17) is 4.74 Å². The average molecular weight is 336 g/mol. The largest absolute Gasteiger partial charge is 0.466 e. The number of hydrogen-bond donors (Lipinski definition) is 2. The summed E-state index contributed by atoms with van der Waals surface area (Å²) in [5, 5.41) is 6.64. The van der Waals surface area contributed by atoms with Gasteiger partial charge in [0.2, 0.25) is 0 Å². The zero-order valence-corrected chi connectivity index (χ0v) is 15.1. The van der Waals surface area contributed by atoms with Crippen LogP contribution in [0.3, 0.4) is 0 Å². The molecule has 0 spiro atoms. The van der Waals surface area contributed by atoms with Crippen molar-refractivity contribution in [2.75, 3.05) is 26.7 Å². The first-order chi connectivity index (χ1) is 11.8. The predicted molar refractivity (Wildman–Crippen MR) is 98.1 cm³/mol. The van der Waals surface area contributed by atoms with Gasteiger partial charge in [-0.1, -0.05) is 19.3 Å². The van der Waals surface area contributed by atoms with Gasteiger partial charge < -0.3 is 19.9 Å². The highest BCUT2D eigenvalue weighted by molar-refractivity contribution is 5.79. The van der Waals surface area contributed by atoms with Gasteiger partial charge in [0, 0.05) is 45.5 Å². The molecular formula is C18H32N4O2. The number of unbranched alkanes of at least 4 members (excludes halogenated alkanes) is 4. The number of ether oxygens (including phenoxy) is 1. The standard InChI is InChI=1S/C18H32N4O2/c1-3-24-17(23)11-7-5-4-6-8-12-20-18(19-2)21-13-16-22-14-9-10-15-22/h9-10,14-15H,3-8,11-13,16H2,1-2H3,(H2,19,20,21). The summed E-state index contributed by atoms with van der Waals surface area (Å²) < 4.78 is 7.05. The molecule has 1 heterocycles. The Labute approximate surface area is 145 Å². The quantitative estimate of drug-likeness (QED) is 0.266. The predicted octanol–water partition coefficient (Wildman–Crippen LogP) is 2.56. The Morgan fingerprint density at radius 3 is 2.42 bits per heavy atom. The van der Waals surface area contributed by atoms with Crippen LogP contribution in [-0.4, -0.2) is 43.2 Å². The lowest BCUT2D eigenvalue weighted by Gasteiger charge is -2.12. The molecular weight excluding hydrogens is 304 g/mol. The van der Waals surface area contributed by atoms with Gasteiger partial charge in [0.25, 0.3) is 0 Å². The first-order valence-electron chi connectivity index (χ1n) is 8.97. The lowest BCUT2D eigenvalue weighted by atomic mass is 10.1. The molecule has 0 saturated carbocycles. The van der Waals surface area contributed by atoms with E-state index in [1.165, 1.54) is 0 Å². The molecule has 0 saturated heterocycles. The normalized spacial score (nSPS) is 11.3. The van der Waals surface area contributed by atoms with E-state index in [9.17, 15) is 4.79 Å². The van der Waals surface area contributed by atoms with Crippen molar-refractivity contribution in [3.8, 4) is 0 Å². The van der Waals surface area contributed by atoms with E-state index >= 15 is 0 Å². The van der Waals surface area contributed by atoms with E-state index in [1.807, 2.05) is 19.1 Å². The maximum absolute atomic E-state index is 11.2. The molecule has 0 bridgehead atoms. The molecule has 0 aromatic carbocycles. The molecule has 0 atom stereocenters. The summed E-state index contributed by atoms with van der Waals surface area (Å²) in [6.45, 7) is 5.01. The molecule has 1 aromatic heterocycles. The number of rotatable bonds is 12. The highest BCUT2D eigenvalue weighted by Crippen LogP contribution is 2.05. The van der Waals surface area contributed by atoms with Crippen molar-refractivity contribution in [2.45, 2.75) is 52.0 Å². The molecule has 0 aliphatic carbocycles. The van der Waals surface area contributed by atoms with Crippen molar-refractivity contribution in [1.29, 1.82) is 0 Å². The molecule has 6 heteroatoms. The average Bonchev–Trinajstić information content (AvgIpc) is 3.09. The van der Waals surface area contributed by atoms with E-state index in [-0.39, 0.29) is 5.97 Å². The van der Waals surface area contributed by atoms with Crippen LogP contribution >= 0.6 is 0 Å². The summed E-state index contributed by atoms with van der Waals surface area (Å²) >= 11 is 0. The van der Waals surface area contributed by atoms with Crippen molar-refractivity contribution in [3.63, 3.8) is 0 Å². The van der Waals surface area contributed by atoms with Gasteiger partial charge in [-0.25, -0.2) is 0 Å². The molecule has 24 heavy (non-hydrogen) atoms. The molecule has 0 unspecified atom stereocenters. The van der Waals surface area contributed by atoms with Crippen LogP contribution in [0.2, 0.25) is 0 Å². The lowest BCUT2D eigenvalue weighted by Crippen LogP contribution is -2.39. The third-order valence-corrected chi connectivity index (χ3v) is 3.71. The molecule has 0 aliphatic rings. The van der Waals surface area contributed by atoms with Crippen LogP contribution in [0.5, 0.6) is 0 Å². The maximum atomic E-state index is 11.2. The number of aromatic nitrogens is 1. The highest BCUT2D eigenvalue weighted by Gasteiger charge is 2.01. The molecule has 0 radical (unpaired) electrons. The third kappa shape index (κ3) is 9.92. The van der Waals surface area contributed by atoms with E-state index in [0.717, 1.165) is 57.7 Å². The molecule has 0 aliphatic heterocycles. The maximum Gasteiger partial charge on any atom is 0.305 e. The first-order valence-corrected chi connectivity index (χ1v) is 8.97. The summed E-state index contributed by atoms with van der Waals surface area (Å²) in [4.78, 5) is 15.4. The van der Waals surface area contributed by atoms with Crippen LogP contribution in [0.1, 0.15) is 45.4 Å². The van der Waals surface area contributed by atoms with Crippen molar-refractivity contribution < 1.29 is 9.53 Å². The summed E-state index contributed by atoms with van der Waals surface area (Å²) in [5.41, 5.74) is 0. The van der Waals surface area contributed by atoms with Crippen molar-refractivity contribution in [3.05, 3.63) is 24.5 Å². The molecule has 0 fully saturated rings. The lowest BCUT2D eigenvalue weighted by molar-refractivity contribution is -0.143. The van der Waals surface area contributed by atoms with E-state index in [2.05, 4.69) is 32.6 Å². The third-order valence-electron chi connectivity index (χ3n) is 3.71.